The van der Waals surface area contributed by atoms with Crippen LogP contribution in [0.1, 0.15) is 27.2 Å². The van der Waals surface area contributed by atoms with Gasteiger partial charge in [0.1, 0.15) is 0 Å². The lowest BCUT2D eigenvalue weighted by atomic mass is 9.86. The van der Waals surface area contributed by atoms with E-state index in [9.17, 15) is 0 Å². The molecule has 52 valence electrons. The van der Waals surface area contributed by atoms with Crippen molar-refractivity contribution < 1.29 is 0 Å². The van der Waals surface area contributed by atoms with Gasteiger partial charge in [-0.2, -0.15) is 0 Å². The lowest BCUT2D eigenvalue weighted by molar-refractivity contribution is 0.324. The van der Waals surface area contributed by atoms with Crippen molar-refractivity contribution in [3.63, 3.8) is 0 Å². The summed E-state index contributed by atoms with van der Waals surface area (Å²) in [4.78, 5) is 0. The standard InChI is InChI=1S/C8H15N/c1-5-6-7(9)8(2,3)4/h1,7H,6,9H2,2-4H3. The Morgan fingerprint density at radius 3 is 2.11 bits per heavy atom. The average molecular weight is 125 g/mol. The summed E-state index contributed by atoms with van der Waals surface area (Å²) in [5, 5.41) is 0. The molecule has 0 rings (SSSR count). The highest BCUT2D eigenvalue weighted by Gasteiger charge is 2.18. The molecule has 1 heteroatoms. The third kappa shape index (κ3) is 3.16. The monoisotopic (exact) mass is 125 g/mol. The zero-order valence-corrected chi connectivity index (χ0v) is 6.44. The Bertz CT molecular complexity index is 114. The van der Waals surface area contributed by atoms with Crippen molar-refractivity contribution in [1.82, 2.24) is 0 Å². The maximum atomic E-state index is 5.72. The fraction of sp³-hybridized carbons (Fsp3) is 0.750. The van der Waals surface area contributed by atoms with E-state index in [1.54, 1.807) is 0 Å². The van der Waals surface area contributed by atoms with Crippen molar-refractivity contribution in [1.29, 1.82) is 0 Å². The Kier molecular flexibility index (Phi) is 2.73. The van der Waals surface area contributed by atoms with Crippen LogP contribution in [0, 0.1) is 17.8 Å². The van der Waals surface area contributed by atoms with Crippen LogP contribution in [-0.2, 0) is 0 Å². The molecular weight excluding hydrogens is 110 g/mol. The van der Waals surface area contributed by atoms with E-state index in [-0.39, 0.29) is 11.5 Å². The van der Waals surface area contributed by atoms with Gasteiger partial charge in [-0.15, -0.1) is 12.3 Å². The van der Waals surface area contributed by atoms with Crippen molar-refractivity contribution in [2.24, 2.45) is 11.1 Å². The second kappa shape index (κ2) is 2.89. The predicted octanol–water partition coefficient (Wildman–Crippen LogP) is 1.38. The van der Waals surface area contributed by atoms with Crippen LogP contribution in [0.25, 0.3) is 0 Å². The molecule has 0 aliphatic heterocycles. The molecule has 0 aromatic rings. The van der Waals surface area contributed by atoms with E-state index in [0.29, 0.717) is 6.42 Å². The molecule has 0 saturated carbocycles. The van der Waals surface area contributed by atoms with E-state index in [1.165, 1.54) is 0 Å². The van der Waals surface area contributed by atoms with Gasteiger partial charge in [0.15, 0.2) is 0 Å². The van der Waals surface area contributed by atoms with Crippen molar-refractivity contribution >= 4 is 0 Å². The van der Waals surface area contributed by atoms with Crippen molar-refractivity contribution in [2.75, 3.05) is 0 Å². The van der Waals surface area contributed by atoms with E-state index in [2.05, 4.69) is 26.7 Å². The number of terminal acetylenes is 1. The SMILES string of the molecule is C#CCC(N)C(C)(C)C. The molecule has 0 radical (unpaired) electrons. The summed E-state index contributed by atoms with van der Waals surface area (Å²) < 4.78 is 0. The van der Waals surface area contributed by atoms with E-state index in [0.717, 1.165) is 0 Å². The number of hydrogen-bond acceptors (Lipinski definition) is 1. The van der Waals surface area contributed by atoms with Gasteiger partial charge < -0.3 is 5.73 Å². The molecule has 0 aromatic heterocycles. The van der Waals surface area contributed by atoms with Crippen LogP contribution in [0.5, 0.6) is 0 Å². The van der Waals surface area contributed by atoms with Gasteiger partial charge in [0.2, 0.25) is 0 Å². The third-order valence-corrected chi connectivity index (χ3v) is 1.45. The molecule has 0 aliphatic rings. The lowest BCUT2D eigenvalue weighted by Crippen LogP contribution is -2.34. The van der Waals surface area contributed by atoms with Crippen molar-refractivity contribution in [2.45, 2.75) is 33.2 Å². The van der Waals surface area contributed by atoms with Gasteiger partial charge in [0.25, 0.3) is 0 Å². The van der Waals surface area contributed by atoms with Crippen LogP contribution in [-0.4, -0.2) is 6.04 Å². The molecule has 0 heterocycles. The number of nitrogens with two attached hydrogens (primary N) is 1. The van der Waals surface area contributed by atoms with Crippen LogP contribution in [0.3, 0.4) is 0 Å². The first-order chi connectivity index (χ1) is 3.98. The summed E-state index contributed by atoms with van der Waals surface area (Å²) in [6, 6.07) is 0.127. The third-order valence-electron chi connectivity index (χ3n) is 1.45. The first kappa shape index (κ1) is 8.52. The molecule has 0 fully saturated rings. The van der Waals surface area contributed by atoms with Crippen molar-refractivity contribution in [3.05, 3.63) is 0 Å². The van der Waals surface area contributed by atoms with Crippen LogP contribution in [0.4, 0.5) is 0 Å². The zero-order chi connectivity index (χ0) is 7.49. The van der Waals surface area contributed by atoms with Crippen LogP contribution < -0.4 is 5.73 Å². The second-order valence-electron chi connectivity index (χ2n) is 3.38. The van der Waals surface area contributed by atoms with Gasteiger partial charge in [-0.05, 0) is 5.41 Å². The van der Waals surface area contributed by atoms with Crippen LogP contribution >= 0.6 is 0 Å². The van der Waals surface area contributed by atoms with Gasteiger partial charge in [0, 0.05) is 12.5 Å². The minimum Gasteiger partial charge on any atom is -0.326 e. The molecule has 0 aromatic carbocycles. The highest BCUT2D eigenvalue weighted by atomic mass is 14.7. The molecule has 1 atom stereocenters. The number of rotatable bonds is 1. The summed E-state index contributed by atoms with van der Waals surface area (Å²) in [6.45, 7) is 6.28. The summed E-state index contributed by atoms with van der Waals surface area (Å²) in [5.41, 5.74) is 5.86. The second-order valence-corrected chi connectivity index (χ2v) is 3.38. The minimum atomic E-state index is 0.127. The molecule has 0 saturated heterocycles. The van der Waals surface area contributed by atoms with Crippen molar-refractivity contribution in [3.8, 4) is 12.3 Å². The van der Waals surface area contributed by atoms with Gasteiger partial charge in [-0.1, -0.05) is 20.8 Å². The molecular formula is C8H15N. The van der Waals surface area contributed by atoms with E-state index < -0.39 is 0 Å². The van der Waals surface area contributed by atoms with E-state index >= 15 is 0 Å². The maximum Gasteiger partial charge on any atom is 0.0243 e. The average Bonchev–Trinajstić information content (AvgIpc) is 1.64. The molecule has 9 heavy (non-hydrogen) atoms. The fourth-order valence-electron chi connectivity index (χ4n) is 0.433. The first-order valence-corrected chi connectivity index (χ1v) is 3.17. The number of hydrogen-bond donors (Lipinski definition) is 1. The van der Waals surface area contributed by atoms with Crippen LogP contribution in [0.2, 0.25) is 0 Å². The molecule has 0 aliphatic carbocycles. The summed E-state index contributed by atoms with van der Waals surface area (Å²) in [7, 11) is 0. The van der Waals surface area contributed by atoms with Gasteiger partial charge >= 0.3 is 0 Å². The lowest BCUT2D eigenvalue weighted by Gasteiger charge is -2.24. The molecule has 0 amide bonds. The summed E-state index contributed by atoms with van der Waals surface area (Å²) >= 11 is 0. The normalized spacial score (nSPS) is 14.6. The van der Waals surface area contributed by atoms with Gasteiger partial charge in [-0.25, -0.2) is 0 Å². The Hall–Kier alpha value is -0.480. The smallest absolute Gasteiger partial charge is 0.0243 e. The fourth-order valence-corrected chi connectivity index (χ4v) is 0.433. The van der Waals surface area contributed by atoms with E-state index in [4.69, 9.17) is 12.2 Å². The van der Waals surface area contributed by atoms with Gasteiger partial charge in [-0.3, -0.25) is 0 Å². The molecule has 0 spiro atoms. The molecule has 1 nitrogen and oxygen atoms in total. The van der Waals surface area contributed by atoms with Gasteiger partial charge in [0.05, 0.1) is 0 Å². The molecule has 0 bridgehead atoms. The summed E-state index contributed by atoms with van der Waals surface area (Å²) in [5.74, 6) is 2.55. The molecule has 2 N–H and O–H groups in total. The maximum absolute atomic E-state index is 5.72. The Morgan fingerprint density at radius 2 is 2.00 bits per heavy atom. The minimum absolute atomic E-state index is 0.127. The Balaban J connectivity index is 3.76. The highest BCUT2D eigenvalue weighted by Crippen LogP contribution is 2.18. The Labute approximate surface area is 57.6 Å². The highest BCUT2D eigenvalue weighted by molar-refractivity contribution is 4.92. The zero-order valence-electron chi connectivity index (χ0n) is 6.44. The summed E-state index contributed by atoms with van der Waals surface area (Å²) in [6.07, 6.45) is 5.77. The van der Waals surface area contributed by atoms with Crippen LogP contribution in [0.15, 0.2) is 0 Å². The topological polar surface area (TPSA) is 26.0 Å². The predicted molar refractivity (Wildman–Crippen MR) is 40.9 cm³/mol. The Morgan fingerprint density at radius 1 is 1.56 bits per heavy atom. The quantitative estimate of drug-likeness (QED) is 0.526. The molecule has 1 unspecified atom stereocenters. The largest absolute Gasteiger partial charge is 0.326 e. The van der Waals surface area contributed by atoms with E-state index in [1.807, 2.05) is 0 Å². The first-order valence-electron chi connectivity index (χ1n) is 3.17.